The molecule has 0 spiro atoms. The summed E-state index contributed by atoms with van der Waals surface area (Å²) in [5, 5.41) is 0.936. The molecule has 1 aliphatic rings. The van der Waals surface area contributed by atoms with Crippen molar-refractivity contribution in [3.63, 3.8) is 0 Å². The molecule has 2 rings (SSSR count). The maximum atomic E-state index is 12.7. The monoisotopic (exact) mass is 451 g/mol. The van der Waals surface area contributed by atoms with E-state index in [-0.39, 0.29) is 5.91 Å². The molecule has 0 aliphatic heterocycles. The molecule has 104 valence electrons. The van der Waals surface area contributed by atoms with Gasteiger partial charge in [-0.15, -0.1) is 0 Å². The molecule has 0 radical (unpaired) electrons. The van der Waals surface area contributed by atoms with Crippen LogP contribution in [0.3, 0.4) is 0 Å². The number of hydrogen-bond acceptors (Lipinski definition) is 1. The Morgan fingerprint density at radius 3 is 2.58 bits per heavy atom. The third kappa shape index (κ3) is 3.82. The normalized spacial score (nSPS) is 15.1. The minimum atomic E-state index is 0.144. The summed E-state index contributed by atoms with van der Waals surface area (Å²) in [6.45, 7) is 0.831. The van der Waals surface area contributed by atoms with Crippen molar-refractivity contribution in [1.82, 2.24) is 4.90 Å². The Morgan fingerprint density at radius 1 is 1.32 bits per heavy atom. The summed E-state index contributed by atoms with van der Waals surface area (Å²) in [6.07, 6.45) is 4.52. The molecule has 5 heteroatoms. The van der Waals surface area contributed by atoms with E-state index in [1.807, 2.05) is 23.1 Å². The SMILES string of the molecule is O=C(c1ccc(Br)cc1Br)N(CCCBr)C1CCC1. The molecule has 0 saturated heterocycles. The third-order valence-electron chi connectivity index (χ3n) is 3.47. The van der Waals surface area contributed by atoms with Gasteiger partial charge in [-0.1, -0.05) is 31.9 Å². The van der Waals surface area contributed by atoms with Gasteiger partial charge >= 0.3 is 0 Å². The summed E-state index contributed by atoms with van der Waals surface area (Å²) < 4.78 is 1.83. The van der Waals surface area contributed by atoms with Crippen LogP contribution in [-0.2, 0) is 0 Å². The van der Waals surface area contributed by atoms with Gasteiger partial charge in [0.15, 0.2) is 0 Å². The number of amides is 1. The van der Waals surface area contributed by atoms with Crippen LogP contribution in [-0.4, -0.2) is 28.7 Å². The smallest absolute Gasteiger partial charge is 0.255 e. The van der Waals surface area contributed by atoms with Gasteiger partial charge in [0.05, 0.1) is 5.56 Å². The first kappa shape index (κ1) is 15.5. The highest BCUT2D eigenvalue weighted by atomic mass is 79.9. The van der Waals surface area contributed by atoms with Gasteiger partial charge in [0.2, 0.25) is 0 Å². The molecule has 0 N–H and O–H groups in total. The van der Waals surface area contributed by atoms with E-state index in [2.05, 4.69) is 47.8 Å². The number of carbonyl (C=O) groups is 1. The van der Waals surface area contributed by atoms with E-state index in [0.717, 1.165) is 45.6 Å². The predicted octanol–water partition coefficient (Wildman–Crippen LogP) is 4.99. The summed E-state index contributed by atoms with van der Waals surface area (Å²) in [5.74, 6) is 0.144. The van der Waals surface area contributed by atoms with Crippen molar-refractivity contribution in [2.75, 3.05) is 11.9 Å². The van der Waals surface area contributed by atoms with Crippen LogP contribution in [0.15, 0.2) is 27.1 Å². The average Bonchev–Trinajstić information content (AvgIpc) is 2.31. The average molecular weight is 454 g/mol. The molecule has 2 nitrogen and oxygen atoms in total. The van der Waals surface area contributed by atoms with Crippen molar-refractivity contribution < 1.29 is 4.79 Å². The first-order valence-corrected chi connectivity index (χ1v) is 9.16. The fraction of sp³-hybridized carbons (Fsp3) is 0.500. The molecule has 1 aliphatic carbocycles. The number of nitrogens with zero attached hydrogens (tertiary/aromatic N) is 1. The van der Waals surface area contributed by atoms with E-state index in [0.29, 0.717) is 6.04 Å². The van der Waals surface area contributed by atoms with Crippen molar-refractivity contribution in [2.24, 2.45) is 0 Å². The highest BCUT2D eigenvalue weighted by Crippen LogP contribution is 2.29. The van der Waals surface area contributed by atoms with E-state index in [9.17, 15) is 4.79 Å². The zero-order valence-corrected chi connectivity index (χ0v) is 15.3. The molecule has 1 aromatic rings. The summed E-state index contributed by atoms with van der Waals surface area (Å²) in [4.78, 5) is 14.7. The zero-order valence-electron chi connectivity index (χ0n) is 10.5. The quantitative estimate of drug-likeness (QED) is 0.575. The van der Waals surface area contributed by atoms with Gasteiger partial charge in [0, 0.05) is 26.9 Å². The molecule has 0 aromatic heterocycles. The van der Waals surface area contributed by atoms with Gasteiger partial charge in [-0.05, 0) is 59.8 Å². The largest absolute Gasteiger partial charge is 0.336 e. The van der Waals surface area contributed by atoms with Crippen molar-refractivity contribution in [3.05, 3.63) is 32.7 Å². The summed E-state index contributed by atoms with van der Waals surface area (Å²) in [6, 6.07) is 6.16. The standard InChI is InChI=1S/C14H16Br3NO/c15-7-2-8-18(11-3-1-4-11)14(19)12-6-5-10(16)9-13(12)17/h5-6,9,11H,1-4,7-8H2. The number of benzene rings is 1. The Hall–Kier alpha value is 0.130. The zero-order chi connectivity index (χ0) is 13.8. The van der Waals surface area contributed by atoms with Gasteiger partial charge in [0.25, 0.3) is 5.91 Å². The van der Waals surface area contributed by atoms with Crippen LogP contribution in [0.5, 0.6) is 0 Å². The lowest BCUT2D eigenvalue weighted by molar-refractivity contribution is 0.0580. The maximum absolute atomic E-state index is 12.7. The molecular formula is C14H16Br3NO. The van der Waals surface area contributed by atoms with Crippen molar-refractivity contribution >= 4 is 53.7 Å². The van der Waals surface area contributed by atoms with Crippen molar-refractivity contribution in [2.45, 2.75) is 31.7 Å². The number of alkyl halides is 1. The summed E-state index contributed by atoms with van der Waals surface area (Å²) >= 11 is 10.3. The van der Waals surface area contributed by atoms with Crippen LogP contribution in [0, 0.1) is 0 Å². The Kier molecular flexibility index (Phi) is 5.90. The minimum absolute atomic E-state index is 0.144. The van der Waals surface area contributed by atoms with Crippen LogP contribution in [0.2, 0.25) is 0 Å². The fourth-order valence-electron chi connectivity index (χ4n) is 2.20. The maximum Gasteiger partial charge on any atom is 0.255 e. The first-order chi connectivity index (χ1) is 9.13. The molecule has 1 fully saturated rings. The highest BCUT2D eigenvalue weighted by Gasteiger charge is 2.29. The lowest BCUT2D eigenvalue weighted by Crippen LogP contribution is -2.45. The van der Waals surface area contributed by atoms with Gasteiger partial charge in [-0.2, -0.15) is 0 Å². The lowest BCUT2D eigenvalue weighted by Gasteiger charge is -2.37. The van der Waals surface area contributed by atoms with Gasteiger partial charge in [-0.25, -0.2) is 0 Å². The lowest BCUT2D eigenvalue weighted by atomic mass is 9.91. The van der Waals surface area contributed by atoms with Crippen molar-refractivity contribution in [1.29, 1.82) is 0 Å². The van der Waals surface area contributed by atoms with Crippen molar-refractivity contribution in [3.8, 4) is 0 Å². The summed E-state index contributed by atoms with van der Waals surface area (Å²) in [5.41, 5.74) is 0.754. The van der Waals surface area contributed by atoms with Gasteiger partial charge in [0.1, 0.15) is 0 Å². The van der Waals surface area contributed by atoms with E-state index in [1.54, 1.807) is 0 Å². The molecule has 0 atom stereocenters. The van der Waals surface area contributed by atoms with Crippen LogP contribution >= 0.6 is 47.8 Å². The minimum Gasteiger partial charge on any atom is -0.336 e. The van der Waals surface area contributed by atoms with Crippen LogP contribution in [0.4, 0.5) is 0 Å². The van der Waals surface area contributed by atoms with Gasteiger partial charge in [-0.3, -0.25) is 4.79 Å². The first-order valence-electron chi connectivity index (χ1n) is 6.45. The Labute approximate surface area is 139 Å². The van der Waals surface area contributed by atoms with E-state index >= 15 is 0 Å². The molecule has 0 unspecified atom stereocenters. The second-order valence-electron chi connectivity index (χ2n) is 4.75. The molecule has 0 heterocycles. The Morgan fingerprint density at radius 2 is 2.05 bits per heavy atom. The number of halogens is 3. The summed E-state index contributed by atoms with van der Waals surface area (Å²) in [7, 11) is 0. The van der Waals surface area contributed by atoms with Crippen LogP contribution in [0.1, 0.15) is 36.0 Å². The Balaban J connectivity index is 2.17. The van der Waals surface area contributed by atoms with Gasteiger partial charge < -0.3 is 4.90 Å². The second kappa shape index (κ2) is 7.23. The molecule has 1 aromatic carbocycles. The molecule has 19 heavy (non-hydrogen) atoms. The fourth-order valence-corrected chi connectivity index (χ4v) is 3.66. The van der Waals surface area contributed by atoms with E-state index in [4.69, 9.17) is 0 Å². The molecule has 1 amide bonds. The molecule has 0 bridgehead atoms. The molecule has 1 saturated carbocycles. The number of rotatable bonds is 5. The topological polar surface area (TPSA) is 20.3 Å². The van der Waals surface area contributed by atoms with E-state index in [1.165, 1.54) is 6.42 Å². The Bertz CT molecular complexity index is 460. The number of hydrogen-bond donors (Lipinski definition) is 0. The molecular weight excluding hydrogens is 438 g/mol. The predicted molar refractivity (Wildman–Crippen MR) is 88.9 cm³/mol. The van der Waals surface area contributed by atoms with Crippen LogP contribution in [0.25, 0.3) is 0 Å². The third-order valence-corrected chi connectivity index (χ3v) is 5.18. The number of carbonyl (C=O) groups excluding carboxylic acids is 1. The van der Waals surface area contributed by atoms with E-state index < -0.39 is 0 Å². The van der Waals surface area contributed by atoms with Crippen LogP contribution < -0.4 is 0 Å². The highest BCUT2D eigenvalue weighted by molar-refractivity contribution is 9.11. The second-order valence-corrected chi connectivity index (χ2v) is 7.31.